The van der Waals surface area contributed by atoms with Crippen molar-refractivity contribution in [3.8, 4) is 0 Å². The Bertz CT molecular complexity index is 1680. The van der Waals surface area contributed by atoms with Crippen LogP contribution in [0.4, 0.5) is 5.69 Å². The van der Waals surface area contributed by atoms with Crippen LogP contribution in [0.25, 0.3) is 27.9 Å². The second kappa shape index (κ2) is 9.75. The van der Waals surface area contributed by atoms with Crippen LogP contribution in [0.1, 0.15) is 16.7 Å². The van der Waals surface area contributed by atoms with Gasteiger partial charge in [0.2, 0.25) is 0 Å². The van der Waals surface area contributed by atoms with Gasteiger partial charge in [-0.1, -0.05) is 54.1 Å². The summed E-state index contributed by atoms with van der Waals surface area (Å²) < 4.78 is 29.3. The lowest BCUT2D eigenvalue weighted by molar-refractivity contribution is -0.116. The monoisotopic (exact) mass is 498 g/mol. The zero-order valence-electron chi connectivity index (χ0n) is 19.7. The van der Waals surface area contributed by atoms with Crippen molar-refractivity contribution in [1.29, 1.82) is 0 Å². The Morgan fingerprint density at radius 3 is 2.25 bits per heavy atom. The molecule has 7 nitrogen and oxygen atoms in total. The van der Waals surface area contributed by atoms with E-state index in [0.717, 1.165) is 32.9 Å². The lowest BCUT2D eigenvalue weighted by Gasteiger charge is -2.12. The number of carbonyl (C=O) groups excluding carboxylic acids is 1. The summed E-state index contributed by atoms with van der Waals surface area (Å²) in [4.78, 5) is 19.3. The van der Waals surface area contributed by atoms with E-state index in [1.807, 2.05) is 73.8 Å². The molecule has 0 atom stereocenters. The SMILES string of the molecule is Cc1ccc(NS(=O)(=O)/C(=C/c2c[nH]c3ccccc23)C(=O)NCCc2c[nH]c3ccccc23)cc1. The van der Waals surface area contributed by atoms with E-state index in [-0.39, 0.29) is 11.4 Å². The first-order valence-electron chi connectivity index (χ1n) is 11.6. The fraction of sp³-hybridized carbons (Fsp3) is 0.107. The molecule has 4 N–H and O–H groups in total. The number of benzene rings is 3. The molecule has 0 saturated carbocycles. The van der Waals surface area contributed by atoms with Crippen LogP contribution < -0.4 is 10.0 Å². The molecule has 5 rings (SSSR count). The molecule has 182 valence electrons. The molecule has 0 saturated heterocycles. The predicted molar refractivity (Wildman–Crippen MR) is 145 cm³/mol. The summed E-state index contributed by atoms with van der Waals surface area (Å²) in [5, 5.41) is 4.70. The lowest BCUT2D eigenvalue weighted by atomic mass is 10.1. The number of amides is 1. The van der Waals surface area contributed by atoms with Crippen molar-refractivity contribution in [3.63, 3.8) is 0 Å². The third-order valence-electron chi connectivity index (χ3n) is 6.08. The largest absolute Gasteiger partial charge is 0.361 e. The van der Waals surface area contributed by atoms with Crippen molar-refractivity contribution in [2.45, 2.75) is 13.3 Å². The maximum atomic E-state index is 13.4. The maximum Gasteiger partial charge on any atom is 0.267 e. The second-order valence-electron chi connectivity index (χ2n) is 8.64. The average Bonchev–Trinajstić information content (AvgIpc) is 3.48. The first-order chi connectivity index (χ1) is 17.4. The first-order valence-corrected chi connectivity index (χ1v) is 13.1. The Balaban J connectivity index is 1.42. The number of hydrogen-bond acceptors (Lipinski definition) is 3. The molecular formula is C28H26N4O3S. The number of carbonyl (C=O) groups is 1. The van der Waals surface area contributed by atoms with Crippen LogP contribution in [0.2, 0.25) is 0 Å². The smallest absolute Gasteiger partial charge is 0.267 e. The molecule has 0 aliphatic heterocycles. The van der Waals surface area contributed by atoms with Crippen LogP contribution in [-0.2, 0) is 21.2 Å². The van der Waals surface area contributed by atoms with Crippen molar-refractivity contribution in [2.24, 2.45) is 0 Å². The molecule has 2 aromatic heterocycles. The van der Waals surface area contributed by atoms with E-state index in [9.17, 15) is 13.2 Å². The van der Waals surface area contributed by atoms with Gasteiger partial charge in [-0.2, -0.15) is 0 Å². The summed E-state index contributed by atoms with van der Waals surface area (Å²) in [7, 11) is -4.17. The molecule has 0 aliphatic carbocycles. The van der Waals surface area contributed by atoms with Gasteiger partial charge in [0.25, 0.3) is 15.9 Å². The summed E-state index contributed by atoms with van der Waals surface area (Å²) in [6.45, 7) is 2.20. The van der Waals surface area contributed by atoms with E-state index in [4.69, 9.17) is 0 Å². The van der Waals surface area contributed by atoms with Crippen molar-refractivity contribution < 1.29 is 13.2 Å². The minimum Gasteiger partial charge on any atom is -0.361 e. The fourth-order valence-electron chi connectivity index (χ4n) is 4.19. The van der Waals surface area contributed by atoms with E-state index in [1.165, 1.54) is 6.08 Å². The molecule has 0 unspecified atom stereocenters. The highest BCUT2D eigenvalue weighted by Gasteiger charge is 2.26. The van der Waals surface area contributed by atoms with Crippen LogP contribution in [0, 0.1) is 6.92 Å². The van der Waals surface area contributed by atoms with Crippen LogP contribution in [0.15, 0.2) is 90.1 Å². The van der Waals surface area contributed by atoms with Gasteiger partial charge in [0, 0.05) is 52.0 Å². The average molecular weight is 499 g/mol. The van der Waals surface area contributed by atoms with E-state index in [1.54, 1.807) is 18.3 Å². The van der Waals surface area contributed by atoms with Gasteiger partial charge < -0.3 is 15.3 Å². The molecule has 0 radical (unpaired) electrons. The Kier molecular flexibility index (Phi) is 6.35. The number of sulfonamides is 1. The van der Waals surface area contributed by atoms with Gasteiger partial charge in [-0.15, -0.1) is 0 Å². The number of hydrogen-bond donors (Lipinski definition) is 4. The maximum absolute atomic E-state index is 13.4. The summed E-state index contributed by atoms with van der Waals surface area (Å²) in [5.74, 6) is -0.667. The van der Waals surface area contributed by atoms with E-state index in [0.29, 0.717) is 17.7 Å². The number of aromatic nitrogens is 2. The van der Waals surface area contributed by atoms with Crippen LogP contribution in [0.3, 0.4) is 0 Å². The third kappa shape index (κ3) is 4.89. The number of fused-ring (bicyclic) bond motifs is 2. The number of rotatable bonds is 8. The fourth-order valence-corrected chi connectivity index (χ4v) is 5.34. The van der Waals surface area contributed by atoms with Gasteiger partial charge >= 0.3 is 0 Å². The highest BCUT2D eigenvalue weighted by molar-refractivity contribution is 7.97. The van der Waals surface area contributed by atoms with Crippen molar-refractivity contribution >= 4 is 49.5 Å². The number of aromatic amines is 2. The number of H-pyrrole nitrogens is 2. The molecule has 0 spiro atoms. The number of aryl methyl sites for hydroxylation is 1. The summed E-state index contributed by atoms with van der Waals surface area (Å²) in [6.07, 6.45) is 5.58. The minimum absolute atomic E-state index is 0.284. The van der Waals surface area contributed by atoms with E-state index in [2.05, 4.69) is 20.0 Å². The van der Waals surface area contributed by atoms with Gasteiger partial charge in [-0.25, -0.2) is 8.42 Å². The quantitative estimate of drug-likeness (QED) is 0.224. The Labute approximate surface area is 209 Å². The molecular weight excluding hydrogens is 472 g/mol. The Morgan fingerprint density at radius 1 is 0.861 bits per heavy atom. The first kappa shape index (κ1) is 23.4. The molecule has 8 heteroatoms. The highest BCUT2D eigenvalue weighted by Crippen LogP contribution is 2.24. The second-order valence-corrected chi connectivity index (χ2v) is 10.3. The normalized spacial score (nSPS) is 12.2. The van der Waals surface area contributed by atoms with Gasteiger partial charge in [-0.05, 0) is 49.2 Å². The Morgan fingerprint density at radius 2 is 1.50 bits per heavy atom. The molecule has 3 aromatic carbocycles. The third-order valence-corrected chi connectivity index (χ3v) is 7.47. The van der Waals surface area contributed by atoms with E-state index < -0.39 is 15.9 Å². The number of nitrogens with one attached hydrogen (secondary N) is 4. The number of para-hydroxylation sites is 2. The van der Waals surface area contributed by atoms with Gasteiger partial charge in [0.15, 0.2) is 4.91 Å². The van der Waals surface area contributed by atoms with Crippen molar-refractivity contribution in [2.75, 3.05) is 11.3 Å². The van der Waals surface area contributed by atoms with Crippen LogP contribution >= 0.6 is 0 Å². The van der Waals surface area contributed by atoms with Crippen LogP contribution in [-0.4, -0.2) is 30.8 Å². The van der Waals surface area contributed by atoms with Gasteiger partial charge in [0.05, 0.1) is 0 Å². The summed E-state index contributed by atoms with van der Waals surface area (Å²) in [5.41, 5.74) is 4.92. The topological polar surface area (TPSA) is 107 Å². The molecule has 2 heterocycles. The van der Waals surface area contributed by atoms with Gasteiger partial charge in [0.1, 0.15) is 0 Å². The summed E-state index contributed by atoms with van der Waals surface area (Å²) >= 11 is 0. The molecule has 36 heavy (non-hydrogen) atoms. The van der Waals surface area contributed by atoms with Crippen molar-refractivity contribution in [1.82, 2.24) is 15.3 Å². The predicted octanol–water partition coefficient (Wildman–Crippen LogP) is 5.10. The molecule has 0 aliphatic rings. The minimum atomic E-state index is -4.17. The molecule has 0 fully saturated rings. The van der Waals surface area contributed by atoms with Crippen LogP contribution in [0.5, 0.6) is 0 Å². The van der Waals surface area contributed by atoms with Gasteiger partial charge in [-0.3, -0.25) is 9.52 Å². The molecule has 0 bridgehead atoms. The Hall–Kier alpha value is -4.30. The summed E-state index contributed by atoms with van der Waals surface area (Å²) in [6, 6.07) is 22.4. The standard InChI is InChI=1S/C28H26N4O3S/c1-19-10-12-22(13-11-19)32-36(34,35)27(16-21-18-31-26-9-5-3-7-24(21)26)28(33)29-15-14-20-17-30-25-8-4-2-6-23(20)25/h2-13,16-18,30-32H,14-15H2,1H3,(H,29,33)/b27-16+. The lowest BCUT2D eigenvalue weighted by Crippen LogP contribution is -2.32. The van der Waals surface area contributed by atoms with Crippen molar-refractivity contribution in [3.05, 3.63) is 107 Å². The zero-order chi connectivity index (χ0) is 25.1. The zero-order valence-corrected chi connectivity index (χ0v) is 20.5. The molecule has 5 aromatic rings. The highest BCUT2D eigenvalue weighted by atomic mass is 32.2. The molecule has 1 amide bonds. The van der Waals surface area contributed by atoms with E-state index >= 15 is 0 Å². The number of anilines is 1.